The molecule has 0 aromatic carbocycles. The average molecular weight is 460 g/mol. The van der Waals surface area contributed by atoms with Crippen LogP contribution in [-0.2, 0) is 23.3 Å². The van der Waals surface area contributed by atoms with E-state index in [4.69, 9.17) is 19.3 Å². The number of rotatable bonds is 6. The summed E-state index contributed by atoms with van der Waals surface area (Å²) >= 11 is 0. The third-order valence-electron chi connectivity index (χ3n) is 4.19. The van der Waals surface area contributed by atoms with Gasteiger partial charge in [0.1, 0.15) is 48.8 Å². The SMILES string of the molecule is O=P([O-])([O-])OC1O[C@H](CO)[C@@H](OC2O[C@H](CO)[C@@H](O)[C@H](O)[C@H]2O)[C@H](O)[C@H]1O.[Ca+2]. The van der Waals surface area contributed by atoms with Crippen LogP contribution in [0.1, 0.15) is 0 Å². The number of hydrogen-bond donors (Lipinski definition) is 7. The molecule has 2 fully saturated rings. The number of aliphatic hydroxyl groups is 7. The van der Waals surface area contributed by atoms with E-state index >= 15 is 0 Å². The molecule has 2 heterocycles. The molecule has 7 N–H and O–H groups in total. The molecule has 0 bridgehead atoms. The Hall–Kier alpha value is 0.970. The largest absolute Gasteiger partial charge is 2.00 e. The molecule has 14 nitrogen and oxygen atoms in total. The van der Waals surface area contributed by atoms with E-state index in [9.17, 15) is 45.0 Å². The first kappa shape index (κ1) is 27.0. The Labute approximate surface area is 188 Å². The first-order chi connectivity index (χ1) is 12.5. The zero-order valence-electron chi connectivity index (χ0n) is 14.3. The van der Waals surface area contributed by atoms with Crippen molar-refractivity contribution in [3.05, 3.63) is 0 Å². The molecule has 0 aromatic heterocycles. The van der Waals surface area contributed by atoms with Crippen LogP contribution in [0.4, 0.5) is 0 Å². The van der Waals surface area contributed by atoms with Crippen molar-refractivity contribution < 1.29 is 68.8 Å². The fourth-order valence-electron chi connectivity index (χ4n) is 2.77. The predicted octanol–water partition coefficient (Wildman–Crippen LogP) is -6.92. The van der Waals surface area contributed by atoms with E-state index in [0.717, 1.165) is 0 Å². The topological polar surface area (TPSA) is 242 Å². The Morgan fingerprint density at radius 3 is 1.79 bits per heavy atom. The maximum absolute atomic E-state index is 10.7. The number of ether oxygens (including phenoxy) is 3. The molecular formula is C12H21CaO14P. The van der Waals surface area contributed by atoms with Crippen LogP contribution in [-0.4, -0.2) is 148 Å². The van der Waals surface area contributed by atoms with Gasteiger partial charge < -0.3 is 68.8 Å². The average Bonchev–Trinajstić information content (AvgIpc) is 2.60. The second-order valence-electron chi connectivity index (χ2n) is 6.06. The van der Waals surface area contributed by atoms with Crippen molar-refractivity contribution in [3.63, 3.8) is 0 Å². The van der Waals surface area contributed by atoms with Crippen LogP contribution < -0.4 is 9.79 Å². The number of aliphatic hydroxyl groups excluding tert-OH is 7. The van der Waals surface area contributed by atoms with Gasteiger partial charge in [-0.05, 0) is 0 Å². The molecular weight excluding hydrogens is 439 g/mol. The molecule has 2 rings (SSSR count). The third kappa shape index (κ3) is 6.24. The summed E-state index contributed by atoms with van der Waals surface area (Å²) < 4.78 is 29.9. The van der Waals surface area contributed by atoms with Gasteiger partial charge in [-0.15, -0.1) is 0 Å². The Morgan fingerprint density at radius 2 is 1.29 bits per heavy atom. The monoisotopic (exact) mass is 460 g/mol. The van der Waals surface area contributed by atoms with Crippen molar-refractivity contribution in [2.24, 2.45) is 0 Å². The van der Waals surface area contributed by atoms with Crippen molar-refractivity contribution in [3.8, 4) is 0 Å². The van der Waals surface area contributed by atoms with Crippen LogP contribution in [0.3, 0.4) is 0 Å². The Balaban J connectivity index is 0.00000392. The first-order valence-corrected chi connectivity index (χ1v) is 9.25. The van der Waals surface area contributed by atoms with Crippen LogP contribution in [0.2, 0.25) is 0 Å². The van der Waals surface area contributed by atoms with Crippen LogP contribution in [0.25, 0.3) is 0 Å². The molecule has 2 saturated heterocycles. The smallest absolute Gasteiger partial charge is 0.790 e. The van der Waals surface area contributed by atoms with Gasteiger partial charge in [0, 0.05) is 0 Å². The molecule has 160 valence electrons. The minimum atomic E-state index is -5.60. The predicted molar refractivity (Wildman–Crippen MR) is 80.8 cm³/mol. The van der Waals surface area contributed by atoms with Gasteiger partial charge in [-0.1, -0.05) is 0 Å². The van der Waals surface area contributed by atoms with Gasteiger partial charge >= 0.3 is 37.7 Å². The third-order valence-corrected chi connectivity index (χ3v) is 4.66. The van der Waals surface area contributed by atoms with E-state index in [1.54, 1.807) is 0 Å². The van der Waals surface area contributed by atoms with Gasteiger partial charge in [0.05, 0.1) is 21.0 Å². The van der Waals surface area contributed by atoms with E-state index < -0.39 is 82.4 Å². The summed E-state index contributed by atoms with van der Waals surface area (Å²) in [5, 5.41) is 67.9. The summed E-state index contributed by atoms with van der Waals surface area (Å²) in [6.07, 6.45) is -17.7. The normalized spacial score (nSPS) is 44.8. The summed E-state index contributed by atoms with van der Waals surface area (Å²) in [6, 6.07) is 0. The summed E-state index contributed by atoms with van der Waals surface area (Å²) in [7, 11) is -5.60. The summed E-state index contributed by atoms with van der Waals surface area (Å²) in [5.74, 6) is 0. The van der Waals surface area contributed by atoms with Crippen LogP contribution in [0, 0.1) is 0 Å². The second-order valence-corrected chi connectivity index (χ2v) is 7.16. The quantitative estimate of drug-likeness (QED) is 0.144. The van der Waals surface area contributed by atoms with Gasteiger partial charge in [0.25, 0.3) is 0 Å². The molecule has 0 amide bonds. The van der Waals surface area contributed by atoms with Crippen LogP contribution >= 0.6 is 7.82 Å². The van der Waals surface area contributed by atoms with E-state index in [1.807, 2.05) is 0 Å². The van der Waals surface area contributed by atoms with Crippen molar-refractivity contribution in [1.82, 2.24) is 0 Å². The fraction of sp³-hybridized carbons (Fsp3) is 1.00. The van der Waals surface area contributed by atoms with Crippen molar-refractivity contribution in [1.29, 1.82) is 0 Å². The Morgan fingerprint density at radius 1 is 0.786 bits per heavy atom. The molecule has 28 heavy (non-hydrogen) atoms. The fourth-order valence-corrected chi connectivity index (χ4v) is 3.20. The van der Waals surface area contributed by atoms with Crippen molar-refractivity contribution in [2.75, 3.05) is 13.2 Å². The van der Waals surface area contributed by atoms with E-state index in [2.05, 4.69) is 4.52 Å². The number of phosphoric acid groups is 1. The minimum Gasteiger partial charge on any atom is -0.790 e. The van der Waals surface area contributed by atoms with Crippen molar-refractivity contribution in [2.45, 2.75) is 61.4 Å². The molecule has 2 unspecified atom stereocenters. The summed E-state index contributed by atoms with van der Waals surface area (Å²) in [5.41, 5.74) is 0. The maximum Gasteiger partial charge on any atom is 2.00 e. The summed E-state index contributed by atoms with van der Waals surface area (Å²) in [6.45, 7) is -1.65. The molecule has 2 aliphatic heterocycles. The van der Waals surface area contributed by atoms with E-state index in [0.29, 0.717) is 0 Å². The minimum absolute atomic E-state index is 0. The molecule has 10 atom stereocenters. The second kappa shape index (κ2) is 11.0. The standard InChI is InChI=1S/C12H23O14P.Ca/c13-1-3-5(15)6(16)8(18)11(23-3)25-10-4(2-14)24-12(9(19)7(10)17)26-27(20,21)22;/h3-19H,1-2H2,(H2,20,21,22);/q;+2/p-2/t3-,4-,5-,6+,7-,8-,9-,10-,11?,12?;/m1./s1. The Kier molecular flexibility index (Phi) is 10.6. The molecule has 16 heteroatoms. The van der Waals surface area contributed by atoms with Gasteiger partial charge in [-0.25, -0.2) is 0 Å². The molecule has 0 aliphatic carbocycles. The molecule has 0 spiro atoms. The van der Waals surface area contributed by atoms with Gasteiger partial charge in [0.15, 0.2) is 12.6 Å². The molecule has 2 aliphatic rings. The maximum atomic E-state index is 10.7. The number of phosphoric ester groups is 1. The van der Waals surface area contributed by atoms with Gasteiger partial charge in [0.2, 0.25) is 0 Å². The zero-order valence-corrected chi connectivity index (χ0v) is 17.4. The van der Waals surface area contributed by atoms with Gasteiger partial charge in [-0.3, -0.25) is 0 Å². The van der Waals surface area contributed by atoms with Gasteiger partial charge in [-0.2, -0.15) is 0 Å². The molecule has 0 aromatic rings. The Bertz CT molecular complexity index is 530. The van der Waals surface area contributed by atoms with E-state index in [1.165, 1.54) is 0 Å². The van der Waals surface area contributed by atoms with Crippen molar-refractivity contribution >= 4 is 45.6 Å². The molecule has 0 radical (unpaired) electrons. The van der Waals surface area contributed by atoms with Crippen LogP contribution in [0.5, 0.6) is 0 Å². The summed E-state index contributed by atoms with van der Waals surface area (Å²) in [4.78, 5) is 21.4. The van der Waals surface area contributed by atoms with E-state index in [-0.39, 0.29) is 37.7 Å². The molecule has 0 saturated carbocycles. The zero-order chi connectivity index (χ0) is 20.5. The number of hydrogen-bond acceptors (Lipinski definition) is 14. The van der Waals surface area contributed by atoms with Crippen LogP contribution in [0.15, 0.2) is 0 Å². The first-order valence-electron chi connectivity index (χ1n) is 7.79.